The second kappa shape index (κ2) is 7.72. The molecule has 0 radical (unpaired) electrons. The molecule has 0 spiro atoms. The second-order valence-electron chi connectivity index (χ2n) is 5.01. The highest BCUT2D eigenvalue weighted by Crippen LogP contribution is 2.11. The predicted molar refractivity (Wildman–Crippen MR) is 89.1 cm³/mol. The van der Waals surface area contributed by atoms with Crippen LogP contribution in [-0.4, -0.2) is 37.4 Å². The maximum absolute atomic E-state index is 12.1. The molecule has 116 valence electrons. The Labute approximate surface area is 134 Å². The molecule has 0 aliphatic rings. The molecule has 0 aliphatic carbocycles. The van der Waals surface area contributed by atoms with Crippen molar-refractivity contribution in [3.05, 3.63) is 52.2 Å². The highest BCUT2D eigenvalue weighted by atomic mass is 32.1. The van der Waals surface area contributed by atoms with Crippen LogP contribution in [0, 0.1) is 0 Å². The van der Waals surface area contributed by atoms with Gasteiger partial charge < -0.3 is 10.6 Å². The van der Waals surface area contributed by atoms with Crippen LogP contribution in [0.4, 0.5) is 5.69 Å². The van der Waals surface area contributed by atoms with E-state index in [4.69, 9.17) is 0 Å². The summed E-state index contributed by atoms with van der Waals surface area (Å²) in [6, 6.07) is 8.93. The Hall–Kier alpha value is -2.18. The highest BCUT2D eigenvalue weighted by Gasteiger charge is 2.09. The number of carbonyl (C=O) groups excluding carboxylic acids is 2. The van der Waals surface area contributed by atoms with Gasteiger partial charge in [-0.1, -0.05) is 6.07 Å². The van der Waals surface area contributed by atoms with E-state index < -0.39 is 0 Å². The van der Waals surface area contributed by atoms with E-state index in [1.54, 1.807) is 42.6 Å². The van der Waals surface area contributed by atoms with Gasteiger partial charge in [0.2, 0.25) is 5.91 Å². The SMILES string of the molecule is CNC(=O)c1cccc(NC(=O)CN(C)Cc2ccsc2)c1. The number of rotatable bonds is 6. The largest absolute Gasteiger partial charge is 0.355 e. The molecular formula is C16H19N3O2S. The van der Waals surface area contributed by atoms with Crippen molar-refractivity contribution in [1.82, 2.24) is 10.2 Å². The normalized spacial score (nSPS) is 10.5. The Balaban J connectivity index is 1.90. The van der Waals surface area contributed by atoms with Gasteiger partial charge in [-0.2, -0.15) is 11.3 Å². The smallest absolute Gasteiger partial charge is 0.251 e. The lowest BCUT2D eigenvalue weighted by molar-refractivity contribution is -0.117. The number of thiophene rings is 1. The quantitative estimate of drug-likeness (QED) is 0.858. The lowest BCUT2D eigenvalue weighted by Crippen LogP contribution is -2.29. The summed E-state index contributed by atoms with van der Waals surface area (Å²) in [5, 5.41) is 9.47. The van der Waals surface area contributed by atoms with E-state index in [-0.39, 0.29) is 11.8 Å². The molecule has 1 heterocycles. The van der Waals surface area contributed by atoms with Crippen molar-refractivity contribution in [2.45, 2.75) is 6.54 Å². The van der Waals surface area contributed by atoms with Crippen molar-refractivity contribution in [2.24, 2.45) is 0 Å². The van der Waals surface area contributed by atoms with Crippen LogP contribution in [0.3, 0.4) is 0 Å². The van der Waals surface area contributed by atoms with Crippen molar-refractivity contribution < 1.29 is 9.59 Å². The van der Waals surface area contributed by atoms with E-state index in [9.17, 15) is 9.59 Å². The molecule has 0 saturated heterocycles. The van der Waals surface area contributed by atoms with Gasteiger partial charge in [-0.15, -0.1) is 0 Å². The van der Waals surface area contributed by atoms with Gasteiger partial charge in [0.25, 0.3) is 5.91 Å². The van der Waals surface area contributed by atoms with Gasteiger partial charge in [-0.05, 0) is 47.6 Å². The lowest BCUT2D eigenvalue weighted by atomic mass is 10.2. The third-order valence-electron chi connectivity index (χ3n) is 3.08. The van der Waals surface area contributed by atoms with Crippen molar-refractivity contribution in [3.8, 4) is 0 Å². The Morgan fingerprint density at radius 3 is 2.77 bits per heavy atom. The van der Waals surface area contributed by atoms with E-state index in [1.165, 1.54) is 5.56 Å². The van der Waals surface area contributed by atoms with Crippen LogP contribution in [-0.2, 0) is 11.3 Å². The Morgan fingerprint density at radius 1 is 1.27 bits per heavy atom. The Bertz CT molecular complexity index is 641. The van der Waals surface area contributed by atoms with Crippen LogP contribution in [0.25, 0.3) is 0 Å². The monoisotopic (exact) mass is 317 g/mol. The molecule has 0 aliphatic heterocycles. The van der Waals surface area contributed by atoms with E-state index in [1.807, 2.05) is 23.4 Å². The molecule has 1 aromatic heterocycles. The lowest BCUT2D eigenvalue weighted by Gasteiger charge is -2.15. The van der Waals surface area contributed by atoms with E-state index in [2.05, 4.69) is 16.0 Å². The Kier molecular flexibility index (Phi) is 5.68. The first kappa shape index (κ1) is 16.2. The van der Waals surface area contributed by atoms with E-state index in [0.717, 1.165) is 6.54 Å². The fourth-order valence-corrected chi connectivity index (χ4v) is 2.74. The summed E-state index contributed by atoms with van der Waals surface area (Å²) in [5.41, 5.74) is 2.34. The molecule has 0 bridgehead atoms. The zero-order chi connectivity index (χ0) is 15.9. The maximum atomic E-state index is 12.1. The third kappa shape index (κ3) is 4.68. The van der Waals surface area contributed by atoms with Crippen molar-refractivity contribution in [1.29, 1.82) is 0 Å². The predicted octanol–water partition coefficient (Wildman–Crippen LogP) is 2.18. The molecule has 0 fully saturated rings. The first-order valence-corrected chi connectivity index (χ1v) is 7.84. The number of amides is 2. The zero-order valence-electron chi connectivity index (χ0n) is 12.6. The maximum Gasteiger partial charge on any atom is 0.251 e. The van der Waals surface area contributed by atoms with Crippen molar-refractivity contribution in [2.75, 3.05) is 26.0 Å². The average molecular weight is 317 g/mol. The van der Waals surface area contributed by atoms with Gasteiger partial charge in [0.1, 0.15) is 0 Å². The fraction of sp³-hybridized carbons (Fsp3) is 0.250. The first-order valence-electron chi connectivity index (χ1n) is 6.90. The minimum atomic E-state index is -0.175. The molecule has 2 aromatic rings. The van der Waals surface area contributed by atoms with Crippen molar-refractivity contribution >= 4 is 28.8 Å². The number of benzene rings is 1. The number of carbonyl (C=O) groups is 2. The van der Waals surface area contributed by atoms with Gasteiger partial charge in [-0.3, -0.25) is 14.5 Å². The summed E-state index contributed by atoms with van der Waals surface area (Å²) in [4.78, 5) is 25.6. The topological polar surface area (TPSA) is 61.4 Å². The van der Waals surface area contributed by atoms with Crippen LogP contribution in [0.5, 0.6) is 0 Å². The summed E-state index contributed by atoms with van der Waals surface area (Å²) in [6.07, 6.45) is 0. The van der Waals surface area contributed by atoms with Gasteiger partial charge in [0, 0.05) is 24.8 Å². The second-order valence-corrected chi connectivity index (χ2v) is 5.79. The number of hydrogen-bond donors (Lipinski definition) is 2. The molecule has 5 nitrogen and oxygen atoms in total. The van der Waals surface area contributed by atoms with Gasteiger partial charge >= 0.3 is 0 Å². The molecule has 1 aromatic carbocycles. The molecule has 2 rings (SSSR count). The molecule has 0 saturated carbocycles. The van der Waals surface area contributed by atoms with Crippen LogP contribution in [0.1, 0.15) is 15.9 Å². The fourth-order valence-electron chi connectivity index (χ4n) is 2.08. The van der Waals surface area contributed by atoms with Gasteiger partial charge in [0.15, 0.2) is 0 Å². The van der Waals surface area contributed by atoms with E-state index >= 15 is 0 Å². The van der Waals surface area contributed by atoms with Crippen LogP contribution in [0.2, 0.25) is 0 Å². The minimum Gasteiger partial charge on any atom is -0.355 e. The molecule has 22 heavy (non-hydrogen) atoms. The number of likely N-dealkylation sites (N-methyl/N-ethyl adjacent to an activating group) is 1. The van der Waals surface area contributed by atoms with Crippen LogP contribution >= 0.6 is 11.3 Å². The number of anilines is 1. The molecule has 6 heteroatoms. The highest BCUT2D eigenvalue weighted by molar-refractivity contribution is 7.07. The average Bonchev–Trinajstić information content (AvgIpc) is 2.99. The molecule has 0 atom stereocenters. The summed E-state index contributed by atoms with van der Waals surface area (Å²) in [6.45, 7) is 1.02. The van der Waals surface area contributed by atoms with Gasteiger partial charge in [-0.25, -0.2) is 0 Å². The molecule has 2 N–H and O–H groups in total. The summed E-state index contributed by atoms with van der Waals surface area (Å²) >= 11 is 1.64. The van der Waals surface area contributed by atoms with Crippen LogP contribution in [0.15, 0.2) is 41.1 Å². The molecule has 2 amide bonds. The summed E-state index contributed by atoms with van der Waals surface area (Å²) < 4.78 is 0. The Morgan fingerprint density at radius 2 is 2.09 bits per heavy atom. The standard InChI is InChI=1S/C16H19N3O2S/c1-17-16(21)13-4-3-5-14(8-13)18-15(20)10-19(2)9-12-6-7-22-11-12/h3-8,11H,9-10H2,1-2H3,(H,17,21)(H,18,20). The zero-order valence-corrected chi connectivity index (χ0v) is 13.4. The molecule has 0 unspecified atom stereocenters. The van der Waals surface area contributed by atoms with Gasteiger partial charge in [0.05, 0.1) is 6.54 Å². The van der Waals surface area contributed by atoms with E-state index in [0.29, 0.717) is 17.8 Å². The van der Waals surface area contributed by atoms with Crippen molar-refractivity contribution in [3.63, 3.8) is 0 Å². The number of nitrogens with one attached hydrogen (secondary N) is 2. The number of hydrogen-bond acceptors (Lipinski definition) is 4. The van der Waals surface area contributed by atoms with Crippen LogP contribution < -0.4 is 10.6 Å². The summed E-state index contributed by atoms with van der Waals surface area (Å²) in [7, 11) is 3.48. The minimum absolute atomic E-state index is 0.105. The number of nitrogens with zero attached hydrogens (tertiary/aromatic N) is 1. The third-order valence-corrected chi connectivity index (χ3v) is 3.81. The summed E-state index contributed by atoms with van der Waals surface area (Å²) in [5.74, 6) is -0.280. The molecular weight excluding hydrogens is 298 g/mol. The first-order chi connectivity index (χ1) is 10.6.